The summed E-state index contributed by atoms with van der Waals surface area (Å²) in [5.41, 5.74) is 2.55. The van der Waals surface area contributed by atoms with E-state index in [-0.39, 0.29) is 5.82 Å². The maximum Gasteiger partial charge on any atom is 0.165 e. The zero-order chi connectivity index (χ0) is 14.4. The molecule has 0 N–H and O–H groups in total. The Bertz CT molecular complexity index is 459. The molecule has 1 aromatic rings. The van der Waals surface area contributed by atoms with Gasteiger partial charge in [-0.1, -0.05) is 23.7 Å². The molecule has 0 unspecified atom stereocenters. The topological polar surface area (TPSA) is 15.7 Å². The van der Waals surface area contributed by atoms with Crippen LogP contribution < -0.4 is 4.74 Å². The van der Waals surface area contributed by atoms with Crippen molar-refractivity contribution in [3.05, 3.63) is 41.2 Å². The fraction of sp³-hybridized carbons (Fsp3) is 0.467. The SMILES string of the molecule is COc1ccc(CN2CCN(C/C=C/Cl)CC2)cc1F. The van der Waals surface area contributed by atoms with Crippen LogP contribution in [0.15, 0.2) is 29.8 Å². The molecule has 0 aliphatic carbocycles. The summed E-state index contributed by atoms with van der Waals surface area (Å²) in [6, 6.07) is 5.16. The van der Waals surface area contributed by atoms with Crippen molar-refractivity contribution in [3.63, 3.8) is 0 Å². The van der Waals surface area contributed by atoms with E-state index in [2.05, 4.69) is 9.80 Å². The fourth-order valence-electron chi connectivity index (χ4n) is 2.39. The Labute approximate surface area is 124 Å². The van der Waals surface area contributed by atoms with Crippen LogP contribution in [0.3, 0.4) is 0 Å². The van der Waals surface area contributed by atoms with Gasteiger partial charge in [-0.3, -0.25) is 9.80 Å². The van der Waals surface area contributed by atoms with Crippen molar-refractivity contribution in [1.82, 2.24) is 9.80 Å². The largest absolute Gasteiger partial charge is 0.494 e. The van der Waals surface area contributed by atoms with Crippen LogP contribution in [0.2, 0.25) is 0 Å². The average molecular weight is 299 g/mol. The molecule has 1 aliphatic heterocycles. The normalized spacial score (nSPS) is 17.8. The van der Waals surface area contributed by atoms with Gasteiger partial charge in [0.2, 0.25) is 0 Å². The summed E-state index contributed by atoms with van der Waals surface area (Å²) in [6.45, 7) is 5.68. The molecule has 0 aromatic heterocycles. The third-order valence-corrected chi connectivity index (χ3v) is 3.72. The standard InChI is InChI=1S/C15H20ClFN2O/c1-20-15-4-3-13(11-14(15)17)12-19-9-7-18(8-10-19)6-2-5-16/h2-5,11H,6-10,12H2,1H3/b5-2+. The van der Waals surface area contributed by atoms with Gasteiger partial charge in [0.05, 0.1) is 7.11 Å². The van der Waals surface area contributed by atoms with Gasteiger partial charge < -0.3 is 4.74 Å². The Hall–Kier alpha value is -1.10. The summed E-state index contributed by atoms with van der Waals surface area (Å²) in [5, 5.41) is 0. The van der Waals surface area contributed by atoms with E-state index >= 15 is 0 Å². The van der Waals surface area contributed by atoms with E-state index in [1.807, 2.05) is 12.1 Å². The lowest BCUT2D eigenvalue weighted by Gasteiger charge is -2.34. The number of nitrogens with zero attached hydrogens (tertiary/aromatic N) is 2. The highest BCUT2D eigenvalue weighted by molar-refractivity contribution is 6.25. The molecule has 0 radical (unpaired) electrons. The van der Waals surface area contributed by atoms with Crippen LogP contribution in [-0.2, 0) is 6.54 Å². The molecule has 3 nitrogen and oxygen atoms in total. The molecule has 1 saturated heterocycles. The molecule has 110 valence electrons. The monoisotopic (exact) mass is 298 g/mol. The number of rotatable bonds is 5. The van der Waals surface area contributed by atoms with Crippen LogP contribution in [-0.4, -0.2) is 49.6 Å². The van der Waals surface area contributed by atoms with Gasteiger partial charge in [0, 0.05) is 44.8 Å². The average Bonchev–Trinajstić information content (AvgIpc) is 2.47. The molecular weight excluding hydrogens is 279 g/mol. The number of hydrogen-bond acceptors (Lipinski definition) is 3. The van der Waals surface area contributed by atoms with Gasteiger partial charge in [-0.2, -0.15) is 0 Å². The molecule has 0 atom stereocenters. The minimum Gasteiger partial charge on any atom is -0.494 e. The first kappa shape index (κ1) is 15.3. The number of halogens is 2. The summed E-state index contributed by atoms with van der Waals surface area (Å²) in [5.74, 6) is 0.00215. The first-order valence-corrected chi connectivity index (χ1v) is 7.19. The lowest BCUT2D eigenvalue weighted by Crippen LogP contribution is -2.45. The van der Waals surface area contributed by atoms with Crippen molar-refractivity contribution in [1.29, 1.82) is 0 Å². The van der Waals surface area contributed by atoms with Crippen molar-refractivity contribution in [2.45, 2.75) is 6.54 Å². The van der Waals surface area contributed by atoms with Crippen LogP contribution in [0.1, 0.15) is 5.56 Å². The first-order chi connectivity index (χ1) is 9.72. The molecular formula is C15H20ClFN2O. The van der Waals surface area contributed by atoms with Crippen molar-refractivity contribution < 1.29 is 9.13 Å². The van der Waals surface area contributed by atoms with Crippen molar-refractivity contribution in [2.75, 3.05) is 39.8 Å². The molecule has 0 spiro atoms. The van der Waals surface area contributed by atoms with E-state index in [4.69, 9.17) is 16.3 Å². The molecule has 2 rings (SSSR count). The van der Waals surface area contributed by atoms with Gasteiger partial charge in [-0.25, -0.2) is 4.39 Å². The Kier molecular flexibility index (Phi) is 5.83. The predicted molar refractivity (Wildman–Crippen MR) is 79.7 cm³/mol. The molecule has 0 saturated carbocycles. The number of benzene rings is 1. The van der Waals surface area contributed by atoms with Gasteiger partial charge in [-0.15, -0.1) is 0 Å². The van der Waals surface area contributed by atoms with E-state index in [0.29, 0.717) is 5.75 Å². The smallest absolute Gasteiger partial charge is 0.165 e. The molecule has 1 heterocycles. The van der Waals surface area contributed by atoms with Gasteiger partial charge in [0.25, 0.3) is 0 Å². The minimum atomic E-state index is -0.295. The number of piperazine rings is 1. The van der Waals surface area contributed by atoms with E-state index in [1.165, 1.54) is 7.11 Å². The van der Waals surface area contributed by atoms with Gasteiger partial charge in [0.15, 0.2) is 11.6 Å². The molecule has 1 aliphatic rings. The highest BCUT2D eigenvalue weighted by Gasteiger charge is 2.16. The summed E-state index contributed by atoms with van der Waals surface area (Å²) in [6.07, 6.45) is 1.95. The van der Waals surface area contributed by atoms with Crippen LogP contribution >= 0.6 is 11.6 Å². The Morgan fingerprint density at radius 1 is 1.25 bits per heavy atom. The highest BCUT2D eigenvalue weighted by atomic mass is 35.5. The Morgan fingerprint density at radius 3 is 2.55 bits per heavy atom. The number of ether oxygens (including phenoxy) is 1. The third-order valence-electron chi connectivity index (χ3n) is 3.54. The van der Waals surface area contributed by atoms with Crippen molar-refractivity contribution in [3.8, 4) is 5.75 Å². The second-order valence-electron chi connectivity index (χ2n) is 4.91. The van der Waals surface area contributed by atoms with Crippen LogP contribution in [0.5, 0.6) is 5.75 Å². The van der Waals surface area contributed by atoms with Crippen molar-refractivity contribution >= 4 is 11.6 Å². The molecule has 1 fully saturated rings. The number of hydrogen-bond donors (Lipinski definition) is 0. The summed E-state index contributed by atoms with van der Waals surface area (Å²) in [4.78, 5) is 4.69. The number of methoxy groups -OCH3 is 1. The van der Waals surface area contributed by atoms with E-state index < -0.39 is 0 Å². The van der Waals surface area contributed by atoms with Crippen molar-refractivity contribution in [2.24, 2.45) is 0 Å². The Balaban J connectivity index is 1.84. The zero-order valence-electron chi connectivity index (χ0n) is 11.7. The molecule has 1 aromatic carbocycles. The van der Waals surface area contributed by atoms with E-state index in [1.54, 1.807) is 17.7 Å². The zero-order valence-corrected chi connectivity index (χ0v) is 12.4. The second-order valence-corrected chi connectivity index (χ2v) is 5.16. The van der Waals surface area contributed by atoms with E-state index in [9.17, 15) is 4.39 Å². The Morgan fingerprint density at radius 2 is 1.95 bits per heavy atom. The van der Waals surface area contributed by atoms with Gasteiger partial charge >= 0.3 is 0 Å². The third kappa shape index (κ3) is 4.20. The maximum atomic E-state index is 13.6. The van der Waals surface area contributed by atoms with Gasteiger partial charge in [0.1, 0.15) is 0 Å². The molecule has 0 bridgehead atoms. The minimum absolute atomic E-state index is 0.295. The molecule has 0 amide bonds. The molecule has 5 heteroatoms. The van der Waals surface area contributed by atoms with Gasteiger partial charge in [-0.05, 0) is 17.7 Å². The highest BCUT2D eigenvalue weighted by Crippen LogP contribution is 2.19. The quantitative estimate of drug-likeness (QED) is 0.831. The van der Waals surface area contributed by atoms with E-state index in [0.717, 1.165) is 44.8 Å². The summed E-state index contributed by atoms with van der Waals surface area (Å²) < 4.78 is 18.6. The first-order valence-electron chi connectivity index (χ1n) is 6.75. The summed E-state index contributed by atoms with van der Waals surface area (Å²) >= 11 is 5.53. The summed E-state index contributed by atoms with van der Waals surface area (Å²) in [7, 11) is 1.48. The lowest BCUT2D eigenvalue weighted by molar-refractivity contribution is 0.137. The fourth-order valence-corrected chi connectivity index (χ4v) is 2.47. The van der Waals surface area contributed by atoms with Crippen LogP contribution in [0.4, 0.5) is 4.39 Å². The lowest BCUT2D eigenvalue weighted by atomic mass is 10.2. The second kappa shape index (κ2) is 7.62. The molecule has 20 heavy (non-hydrogen) atoms. The maximum absolute atomic E-state index is 13.6. The van der Waals surface area contributed by atoms with Crippen LogP contribution in [0, 0.1) is 5.82 Å². The predicted octanol–water partition coefficient (Wildman–Crippen LogP) is 2.70. The van der Waals surface area contributed by atoms with Crippen LogP contribution in [0.25, 0.3) is 0 Å².